The van der Waals surface area contributed by atoms with Gasteiger partial charge < -0.3 is 10.2 Å². The van der Waals surface area contributed by atoms with Crippen molar-refractivity contribution in [3.63, 3.8) is 0 Å². The Morgan fingerprint density at radius 2 is 2.00 bits per heavy atom. The quantitative estimate of drug-likeness (QED) is 0.911. The number of benzene rings is 1. The molecule has 1 fully saturated rings. The van der Waals surface area contributed by atoms with E-state index in [2.05, 4.69) is 25.4 Å². The highest BCUT2D eigenvalue weighted by atomic mass is 35.5. The molecule has 6 heteroatoms. The van der Waals surface area contributed by atoms with Crippen LogP contribution in [-0.4, -0.2) is 41.9 Å². The molecule has 0 bridgehead atoms. The zero-order valence-corrected chi connectivity index (χ0v) is 12.9. The van der Waals surface area contributed by atoms with E-state index < -0.39 is 0 Å². The van der Waals surface area contributed by atoms with Crippen LogP contribution in [0.1, 0.15) is 12.8 Å². The summed E-state index contributed by atoms with van der Waals surface area (Å²) in [5.74, 6) is 2.35. The Labute approximate surface area is 129 Å². The van der Waals surface area contributed by atoms with Crippen LogP contribution in [0.3, 0.4) is 0 Å². The molecule has 2 heterocycles. The SMILES string of the molecule is CNCC1CCN(c2n[nH]c(-c3ccc(Cl)cc3)n2)CC1. The molecule has 0 spiro atoms. The molecule has 3 rings (SSSR count). The Morgan fingerprint density at radius 1 is 1.29 bits per heavy atom. The van der Waals surface area contributed by atoms with Crippen LogP contribution in [0.25, 0.3) is 11.4 Å². The van der Waals surface area contributed by atoms with E-state index in [-0.39, 0.29) is 0 Å². The Kier molecular flexibility index (Phi) is 4.41. The van der Waals surface area contributed by atoms with Gasteiger partial charge in [0.05, 0.1) is 0 Å². The lowest BCUT2D eigenvalue weighted by molar-refractivity contribution is 0.391. The van der Waals surface area contributed by atoms with E-state index in [4.69, 9.17) is 11.6 Å². The number of piperidine rings is 1. The van der Waals surface area contributed by atoms with Crippen LogP contribution in [0.4, 0.5) is 5.95 Å². The lowest BCUT2D eigenvalue weighted by atomic mass is 9.97. The van der Waals surface area contributed by atoms with Gasteiger partial charge in [-0.2, -0.15) is 4.98 Å². The van der Waals surface area contributed by atoms with Crippen molar-refractivity contribution >= 4 is 17.5 Å². The number of rotatable bonds is 4. The molecule has 1 aromatic carbocycles. The molecule has 0 amide bonds. The van der Waals surface area contributed by atoms with Gasteiger partial charge in [-0.15, -0.1) is 5.10 Å². The van der Waals surface area contributed by atoms with E-state index in [1.807, 2.05) is 31.3 Å². The first-order chi connectivity index (χ1) is 10.3. The molecular formula is C15H20ClN5. The van der Waals surface area contributed by atoms with E-state index in [0.29, 0.717) is 0 Å². The van der Waals surface area contributed by atoms with Crippen molar-refractivity contribution in [2.75, 3.05) is 31.6 Å². The second-order valence-corrected chi connectivity index (χ2v) is 5.92. The number of aromatic nitrogens is 3. The first-order valence-corrected chi connectivity index (χ1v) is 7.72. The number of nitrogens with one attached hydrogen (secondary N) is 2. The van der Waals surface area contributed by atoms with Gasteiger partial charge in [-0.1, -0.05) is 11.6 Å². The standard InChI is InChI=1S/C15H20ClN5/c1-17-10-11-6-8-21(9-7-11)15-18-14(19-20-15)12-2-4-13(16)5-3-12/h2-5,11,17H,6-10H2,1H3,(H,18,19,20). The molecular weight excluding hydrogens is 286 g/mol. The van der Waals surface area contributed by atoms with Crippen LogP contribution in [0.5, 0.6) is 0 Å². The van der Waals surface area contributed by atoms with E-state index in [1.165, 1.54) is 12.8 Å². The van der Waals surface area contributed by atoms with Gasteiger partial charge in [0.25, 0.3) is 0 Å². The zero-order chi connectivity index (χ0) is 14.7. The van der Waals surface area contributed by atoms with Gasteiger partial charge in [0.1, 0.15) is 0 Å². The van der Waals surface area contributed by atoms with Crippen LogP contribution in [0.15, 0.2) is 24.3 Å². The molecule has 0 radical (unpaired) electrons. The number of halogens is 1. The maximum atomic E-state index is 5.91. The van der Waals surface area contributed by atoms with Crippen LogP contribution in [0, 0.1) is 5.92 Å². The molecule has 0 saturated carbocycles. The molecule has 1 aliphatic rings. The molecule has 0 aliphatic carbocycles. The Bertz CT molecular complexity index is 572. The summed E-state index contributed by atoms with van der Waals surface area (Å²) in [5.41, 5.74) is 1.00. The minimum Gasteiger partial charge on any atom is -0.340 e. The molecule has 0 atom stereocenters. The number of nitrogens with zero attached hydrogens (tertiary/aromatic N) is 3. The van der Waals surface area contributed by atoms with E-state index in [0.717, 1.165) is 47.9 Å². The van der Waals surface area contributed by atoms with Crippen molar-refractivity contribution in [3.8, 4) is 11.4 Å². The number of aromatic amines is 1. The molecule has 5 nitrogen and oxygen atoms in total. The van der Waals surface area contributed by atoms with Crippen molar-refractivity contribution in [2.45, 2.75) is 12.8 Å². The number of H-pyrrole nitrogens is 1. The van der Waals surface area contributed by atoms with Gasteiger partial charge in [-0.05, 0) is 56.6 Å². The first-order valence-electron chi connectivity index (χ1n) is 7.34. The zero-order valence-electron chi connectivity index (χ0n) is 12.1. The van der Waals surface area contributed by atoms with Gasteiger partial charge in [-0.3, -0.25) is 5.10 Å². The van der Waals surface area contributed by atoms with E-state index >= 15 is 0 Å². The predicted octanol–water partition coefficient (Wildman–Crippen LogP) is 2.56. The summed E-state index contributed by atoms with van der Waals surface area (Å²) in [7, 11) is 2.01. The topological polar surface area (TPSA) is 56.8 Å². The third-order valence-electron chi connectivity index (χ3n) is 3.98. The van der Waals surface area contributed by atoms with Crippen LogP contribution < -0.4 is 10.2 Å². The Hall–Kier alpha value is -1.59. The smallest absolute Gasteiger partial charge is 0.245 e. The van der Waals surface area contributed by atoms with Gasteiger partial charge >= 0.3 is 0 Å². The molecule has 1 saturated heterocycles. The van der Waals surface area contributed by atoms with Crippen molar-refractivity contribution in [2.24, 2.45) is 5.92 Å². The first kappa shape index (κ1) is 14.4. The van der Waals surface area contributed by atoms with Crippen LogP contribution in [-0.2, 0) is 0 Å². The average Bonchev–Trinajstić information content (AvgIpc) is 2.99. The summed E-state index contributed by atoms with van der Waals surface area (Å²) in [6, 6.07) is 7.63. The van der Waals surface area contributed by atoms with Gasteiger partial charge in [0, 0.05) is 23.7 Å². The number of hydrogen-bond acceptors (Lipinski definition) is 4. The molecule has 0 unspecified atom stereocenters. The molecule has 2 aromatic rings. The average molecular weight is 306 g/mol. The second-order valence-electron chi connectivity index (χ2n) is 5.48. The normalized spacial score (nSPS) is 16.4. The minimum absolute atomic E-state index is 0.727. The van der Waals surface area contributed by atoms with Crippen molar-refractivity contribution < 1.29 is 0 Å². The monoisotopic (exact) mass is 305 g/mol. The van der Waals surface area contributed by atoms with E-state index in [1.54, 1.807) is 0 Å². The van der Waals surface area contributed by atoms with Crippen LogP contribution in [0.2, 0.25) is 5.02 Å². The maximum Gasteiger partial charge on any atom is 0.245 e. The molecule has 1 aliphatic heterocycles. The Balaban J connectivity index is 1.67. The number of hydrogen-bond donors (Lipinski definition) is 2. The third-order valence-corrected chi connectivity index (χ3v) is 4.23. The summed E-state index contributed by atoms with van der Waals surface area (Å²) in [6.07, 6.45) is 2.37. The molecule has 2 N–H and O–H groups in total. The summed E-state index contributed by atoms with van der Waals surface area (Å²) < 4.78 is 0. The highest BCUT2D eigenvalue weighted by Gasteiger charge is 2.21. The predicted molar refractivity (Wildman–Crippen MR) is 85.7 cm³/mol. The second kappa shape index (κ2) is 6.45. The molecule has 21 heavy (non-hydrogen) atoms. The largest absolute Gasteiger partial charge is 0.340 e. The fourth-order valence-electron chi connectivity index (χ4n) is 2.76. The van der Waals surface area contributed by atoms with E-state index in [9.17, 15) is 0 Å². The lowest BCUT2D eigenvalue weighted by Crippen LogP contribution is -2.37. The van der Waals surface area contributed by atoms with Gasteiger partial charge in [0.15, 0.2) is 5.82 Å². The molecule has 1 aromatic heterocycles. The lowest BCUT2D eigenvalue weighted by Gasteiger charge is -2.30. The highest BCUT2D eigenvalue weighted by Crippen LogP contribution is 2.23. The Morgan fingerprint density at radius 3 is 2.67 bits per heavy atom. The van der Waals surface area contributed by atoms with Crippen molar-refractivity contribution in [1.82, 2.24) is 20.5 Å². The number of anilines is 1. The maximum absolute atomic E-state index is 5.91. The van der Waals surface area contributed by atoms with Gasteiger partial charge in [0.2, 0.25) is 5.95 Å². The van der Waals surface area contributed by atoms with Crippen molar-refractivity contribution in [3.05, 3.63) is 29.3 Å². The fraction of sp³-hybridized carbons (Fsp3) is 0.467. The summed E-state index contributed by atoms with van der Waals surface area (Å²) in [6.45, 7) is 3.13. The summed E-state index contributed by atoms with van der Waals surface area (Å²) in [5, 5.41) is 11.4. The fourth-order valence-corrected chi connectivity index (χ4v) is 2.88. The van der Waals surface area contributed by atoms with Crippen molar-refractivity contribution in [1.29, 1.82) is 0 Å². The summed E-state index contributed by atoms with van der Waals surface area (Å²) in [4.78, 5) is 6.86. The van der Waals surface area contributed by atoms with Gasteiger partial charge in [-0.25, -0.2) is 0 Å². The summed E-state index contributed by atoms with van der Waals surface area (Å²) >= 11 is 5.91. The minimum atomic E-state index is 0.727. The van der Waals surface area contributed by atoms with Crippen LogP contribution >= 0.6 is 11.6 Å². The molecule has 112 valence electrons. The third kappa shape index (κ3) is 3.36. The highest BCUT2D eigenvalue weighted by molar-refractivity contribution is 6.30.